The number of nitrogens with zero attached hydrogens (tertiary/aromatic N) is 4. The Morgan fingerprint density at radius 2 is 2.00 bits per heavy atom. The number of sulfonamides is 1. The lowest BCUT2D eigenvalue weighted by molar-refractivity contribution is 0.0452. The zero-order valence-corrected chi connectivity index (χ0v) is 18.9. The van der Waals surface area contributed by atoms with E-state index in [9.17, 15) is 13.2 Å². The van der Waals surface area contributed by atoms with Crippen molar-refractivity contribution in [3.05, 3.63) is 40.1 Å². The molecule has 0 saturated heterocycles. The van der Waals surface area contributed by atoms with E-state index >= 15 is 0 Å². The largest absolute Gasteiger partial charge is 0.453 e. The highest BCUT2D eigenvalue weighted by Crippen LogP contribution is 2.23. The summed E-state index contributed by atoms with van der Waals surface area (Å²) in [5.41, 5.74) is 1.55. The number of aryl methyl sites for hydroxylation is 1. The Hall–Kier alpha value is -2.34. The standard InChI is InChI=1S/C19H24N4O5S2/c1-5-8-23-16-7-6-13(30(25,26)22(2)3)9-14(16)20-17(23)10-28-19(24)15-12-29-18(21-15)11-27-4/h6-7,9,12H,5,8,10-11H2,1-4H3. The summed E-state index contributed by atoms with van der Waals surface area (Å²) in [6.45, 7) is 2.99. The highest BCUT2D eigenvalue weighted by molar-refractivity contribution is 7.89. The molecule has 0 unspecified atom stereocenters. The van der Waals surface area contributed by atoms with Crippen LogP contribution in [0.1, 0.15) is 34.7 Å². The molecule has 9 nitrogen and oxygen atoms in total. The van der Waals surface area contributed by atoms with Crippen LogP contribution in [0.25, 0.3) is 11.0 Å². The molecule has 0 spiro atoms. The average molecular weight is 453 g/mol. The van der Waals surface area contributed by atoms with Gasteiger partial charge in [-0.05, 0) is 24.6 Å². The van der Waals surface area contributed by atoms with Crippen molar-refractivity contribution < 1.29 is 22.7 Å². The van der Waals surface area contributed by atoms with E-state index in [0.717, 1.165) is 16.2 Å². The fraction of sp³-hybridized carbons (Fsp3) is 0.421. The molecular formula is C19H24N4O5S2. The second kappa shape index (κ2) is 9.21. The minimum absolute atomic E-state index is 0.0413. The van der Waals surface area contributed by atoms with Crippen molar-refractivity contribution >= 4 is 38.4 Å². The third-order valence-electron chi connectivity index (χ3n) is 4.39. The fourth-order valence-corrected chi connectivity index (χ4v) is 4.57. The van der Waals surface area contributed by atoms with Crippen molar-refractivity contribution in [3.8, 4) is 0 Å². The van der Waals surface area contributed by atoms with Crippen LogP contribution in [-0.4, -0.2) is 54.4 Å². The summed E-state index contributed by atoms with van der Waals surface area (Å²) in [5, 5.41) is 2.32. The number of imidazole rings is 1. The summed E-state index contributed by atoms with van der Waals surface area (Å²) in [5.74, 6) is 0.00604. The van der Waals surface area contributed by atoms with Crippen LogP contribution in [0.4, 0.5) is 0 Å². The zero-order valence-electron chi connectivity index (χ0n) is 17.3. The molecule has 0 atom stereocenters. The van der Waals surface area contributed by atoms with E-state index in [4.69, 9.17) is 9.47 Å². The minimum atomic E-state index is -3.57. The smallest absolute Gasteiger partial charge is 0.358 e. The molecule has 2 aromatic heterocycles. The monoisotopic (exact) mass is 452 g/mol. The Bertz CT molecular complexity index is 1150. The van der Waals surface area contributed by atoms with Crippen LogP contribution < -0.4 is 0 Å². The lowest BCUT2D eigenvalue weighted by Gasteiger charge is -2.11. The predicted octanol–water partition coefficient (Wildman–Crippen LogP) is 2.66. The van der Waals surface area contributed by atoms with Gasteiger partial charge in [-0.1, -0.05) is 6.92 Å². The number of methoxy groups -OCH3 is 1. The molecule has 0 radical (unpaired) electrons. The van der Waals surface area contributed by atoms with Crippen molar-refractivity contribution in [2.24, 2.45) is 0 Å². The van der Waals surface area contributed by atoms with Gasteiger partial charge in [0.05, 0.1) is 22.5 Å². The SMILES string of the molecule is CCCn1c(COC(=O)c2csc(COC)n2)nc2cc(S(=O)(=O)N(C)C)ccc21. The molecule has 3 aromatic rings. The van der Waals surface area contributed by atoms with Crippen LogP contribution in [0.15, 0.2) is 28.5 Å². The second-order valence-electron chi connectivity index (χ2n) is 6.75. The maximum absolute atomic E-state index is 12.4. The molecule has 1 aromatic carbocycles. The van der Waals surface area contributed by atoms with E-state index in [0.29, 0.717) is 29.5 Å². The quantitative estimate of drug-likeness (QED) is 0.460. The summed E-state index contributed by atoms with van der Waals surface area (Å²) in [7, 11) is 0.961. The number of hydrogen-bond donors (Lipinski definition) is 0. The van der Waals surface area contributed by atoms with Gasteiger partial charge in [0.2, 0.25) is 10.0 Å². The number of carbonyl (C=O) groups is 1. The van der Waals surface area contributed by atoms with Gasteiger partial charge in [0.25, 0.3) is 0 Å². The first-order valence-corrected chi connectivity index (χ1v) is 11.6. The van der Waals surface area contributed by atoms with E-state index in [1.54, 1.807) is 30.7 Å². The number of benzene rings is 1. The van der Waals surface area contributed by atoms with Crippen LogP contribution in [0.3, 0.4) is 0 Å². The molecule has 0 bridgehead atoms. The Morgan fingerprint density at radius 3 is 2.67 bits per heavy atom. The first-order chi connectivity index (χ1) is 14.3. The number of fused-ring (bicyclic) bond motifs is 1. The summed E-state index contributed by atoms with van der Waals surface area (Å²) >= 11 is 1.33. The highest BCUT2D eigenvalue weighted by Gasteiger charge is 2.20. The van der Waals surface area contributed by atoms with Gasteiger partial charge in [0, 0.05) is 33.1 Å². The Kier molecular flexibility index (Phi) is 6.86. The summed E-state index contributed by atoms with van der Waals surface area (Å²) in [4.78, 5) is 21.2. The zero-order chi connectivity index (χ0) is 21.9. The Balaban J connectivity index is 1.86. The molecule has 0 N–H and O–H groups in total. The molecule has 0 aliphatic rings. The van der Waals surface area contributed by atoms with Gasteiger partial charge in [0.1, 0.15) is 17.4 Å². The topological polar surface area (TPSA) is 104 Å². The summed E-state index contributed by atoms with van der Waals surface area (Å²) in [6.07, 6.45) is 0.844. The van der Waals surface area contributed by atoms with Crippen molar-refractivity contribution in [1.29, 1.82) is 0 Å². The summed E-state index contributed by atoms with van der Waals surface area (Å²) in [6, 6.07) is 4.84. The van der Waals surface area contributed by atoms with Gasteiger partial charge in [-0.2, -0.15) is 0 Å². The van der Waals surface area contributed by atoms with Crippen LogP contribution in [-0.2, 0) is 39.3 Å². The number of thiazole rings is 1. The normalized spacial score (nSPS) is 12.0. The molecule has 3 rings (SSSR count). The highest BCUT2D eigenvalue weighted by atomic mass is 32.2. The number of aromatic nitrogens is 3. The van der Waals surface area contributed by atoms with E-state index in [1.807, 2.05) is 11.5 Å². The van der Waals surface area contributed by atoms with Gasteiger partial charge in [0.15, 0.2) is 5.69 Å². The number of esters is 1. The van der Waals surface area contributed by atoms with Gasteiger partial charge < -0.3 is 14.0 Å². The maximum Gasteiger partial charge on any atom is 0.358 e. The number of rotatable bonds is 9. The molecule has 0 aliphatic heterocycles. The molecule has 0 fully saturated rings. The van der Waals surface area contributed by atoms with Gasteiger partial charge in [-0.15, -0.1) is 11.3 Å². The van der Waals surface area contributed by atoms with Crippen LogP contribution in [0.5, 0.6) is 0 Å². The average Bonchev–Trinajstić information content (AvgIpc) is 3.31. The molecular weight excluding hydrogens is 428 g/mol. The molecule has 11 heteroatoms. The maximum atomic E-state index is 12.4. The number of carbonyl (C=O) groups excluding carboxylic acids is 1. The van der Waals surface area contributed by atoms with Crippen molar-refractivity contribution in [2.45, 2.75) is 38.0 Å². The van der Waals surface area contributed by atoms with E-state index in [1.165, 1.54) is 25.4 Å². The van der Waals surface area contributed by atoms with E-state index in [2.05, 4.69) is 9.97 Å². The van der Waals surface area contributed by atoms with Crippen molar-refractivity contribution in [1.82, 2.24) is 18.8 Å². The lowest BCUT2D eigenvalue weighted by atomic mass is 10.3. The third-order valence-corrected chi connectivity index (χ3v) is 7.02. The van der Waals surface area contributed by atoms with Crippen molar-refractivity contribution in [3.63, 3.8) is 0 Å². The lowest BCUT2D eigenvalue weighted by Crippen LogP contribution is -2.22. The molecule has 162 valence electrons. The third kappa shape index (κ3) is 4.53. The molecule has 0 aliphatic carbocycles. The van der Waals surface area contributed by atoms with Crippen LogP contribution in [0, 0.1) is 0 Å². The summed E-state index contributed by atoms with van der Waals surface area (Å²) < 4.78 is 38.4. The predicted molar refractivity (Wildman–Crippen MR) is 113 cm³/mol. The van der Waals surface area contributed by atoms with Crippen molar-refractivity contribution in [2.75, 3.05) is 21.2 Å². The first kappa shape index (κ1) is 22.3. The van der Waals surface area contributed by atoms with Gasteiger partial charge in [-0.3, -0.25) is 0 Å². The van der Waals surface area contributed by atoms with Crippen LogP contribution in [0.2, 0.25) is 0 Å². The Morgan fingerprint density at radius 1 is 1.23 bits per heavy atom. The Labute approximate surface area is 179 Å². The first-order valence-electron chi connectivity index (χ1n) is 9.30. The second-order valence-corrected chi connectivity index (χ2v) is 9.85. The van der Waals surface area contributed by atoms with Crippen LogP contribution >= 0.6 is 11.3 Å². The number of ether oxygens (including phenoxy) is 2. The molecule has 30 heavy (non-hydrogen) atoms. The fourth-order valence-electron chi connectivity index (χ4n) is 2.91. The molecule has 0 saturated carbocycles. The van der Waals surface area contributed by atoms with E-state index in [-0.39, 0.29) is 17.2 Å². The van der Waals surface area contributed by atoms with E-state index < -0.39 is 16.0 Å². The minimum Gasteiger partial charge on any atom is -0.453 e. The number of hydrogen-bond acceptors (Lipinski definition) is 8. The molecule has 2 heterocycles. The molecule has 0 amide bonds. The van der Waals surface area contributed by atoms with Gasteiger partial charge in [-0.25, -0.2) is 27.5 Å². The van der Waals surface area contributed by atoms with Gasteiger partial charge >= 0.3 is 5.97 Å².